The van der Waals surface area contributed by atoms with E-state index < -0.39 is 11.9 Å². The van der Waals surface area contributed by atoms with E-state index in [9.17, 15) is 9.59 Å². The summed E-state index contributed by atoms with van der Waals surface area (Å²) in [6.45, 7) is 3.60. The van der Waals surface area contributed by atoms with Gasteiger partial charge in [0.1, 0.15) is 6.54 Å². The van der Waals surface area contributed by atoms with Crippen LogP contribution in [0.15, 0.2) is 0 Å². The summed E-state index contributed by atoms with van der Waals surface area (Å²) < 4.78 is 0. The number of primary amides is 1. The Hall–Kier alpha value is -1.61. The molecule has 0 fully saturated rings. The van der Waals surface area contributed by atoms with Crippen molar-refractivity contribution in [2.75, 3.05) is 13.1 Å². The van der Waals surface area contributed by atoms with Crippen LogP contribution in [0.3, 0.4) is 0 Å². The highest BCUT2D eigenvalue weighted by Crippen LogP contribution is 1.99. The lowest BCUT2D eigenvalue weighted by molar-refractivity contribution is -0.122. The van der Waals surface area contributed by atoms with Gasteiger partial charge in [0.25, 0.3) is 0 Å². The van der Waals surface area contributed by atoms with E-state index in [0.717, 1.165) is 0 Å². The maximum Gasteiger partial charge on any atom is 0.234 e. The fourth-order valence-corrected chi connectivity index (χ4v) is 1.07. The third kappa shape index (κ3) is 5.65. The molecular formula is C9H16N4O2. The SMILES string of the molecule is CC(C)C(NCC(=O)NCC#N)C(N)=O. The number of amides is 2. The van der Waals surface area contributed by atoms with Crippen LogP contribution in [0.4, 0.5) is 0 Å². The summed E-state index contributed by atoms with van der Waals surface area (Å²) in [6.07, 6.45) is 0. The van der Waals surface area contributed by atoms with Crippen LogP contribution in [0.1, 0.15) is 13.8 Å². The molecule has 6 heteroatoms. The van der Waals surface area contributed by atoms with Crippen molar-refractivity contribution in [2.24, 2.45) is 11.7 Å². The van der Waals surface area contributed by atoms with Crippen LogP contribution in [-0.4, -0.2) is 30.9 Å². The van der Waals surface area contributed by atoms with Gasteiger partial charge in [-0.3, -0.25) is 14.9 Å². The summed E-state index contributed by atoms with van der Waals surface area (Å²) in [5.41, 5.74) is 5.14. The Morgan fingerprint density at radius 3 is 2.47 bits per heavy atom. The van der Waals surface area contributed by atoms with Crippen molar-refractivity contribution < 1.29 is 9.59 Å². The van der Waals surface area contributed by atoms with Gasteiger partial charge in [-0.05, 0) is 5.92 Å². The van der Waals surface area contributed by atoms with E-state index in [4.69, 9.17) is 11.0 Å². The van der Waals surface area contributed by atoms with E-state index in [-0.39, 0.29) is 24.9 Å². The minimum absolute atomic E-state index is 0.0197. The fourth-order valence-electron chi connectivity index (χ4n) is 1.07. The van der Waals surface area contributed by atoms with Gasteiger partial charge < -0.3 is 11.1 Å². The molecule has 2 amide bonds. The Morgan fingerprint density at radius 2 is 2.07 bits per heavy atom. The molecule has 0 aromatic rings. The molecule has 0 aliphatic heterocycles. The Labute approximate surface area is 88.8 Å². The molecule has 84 valence electrons. The second-order valence-electron chi connectivity index (χ2n) is 3.44. The van der Waals surface area contributed by atoms with Gasteiger partial charge in [-0.25, -0.2) is 0 Å². The Morgan fingerprint density at radius 1 is 1.47 bits per heavy atom. The summed E-state index contributed by atoms with van der Waals surface area (Å²) >= 11 is 0. The smallest absolute Gasteiger partial charge is 0.234 e. The van der Waals surface area contributed by atoms with E-state index in [0.29, 0.717) is 0 Å². The zero-order chi connectivity index (χ0) is 11.8. The van der Waals surface area contributed by atoms with Crippen LogP contribution in [0.5, 0.6) is 0 Å². The van der Waals surface area contributed by atoms with Crippen LogP contribution in [0.25, 0.3) is 0 Å². The van der Waals surface area contributed by atoms with Gasteiger partial charge in [0.05, 0.1) is 18.7 Å². The second kappa shape index (κ2) is 6.79. The van der Waals surface area contributed by atoms with Crippen LogP contribution in [-0.2, 0) is 9.59 Å². The third-order valence-electron chi connectivity index (χ3n) is 1.82. The Balaban J connectivity index is 3.96. The van der Waals surface area contributed by atoms with Gasteiger partial charge >= 0.3 is 0 Å². The molecule has 0 aliphatic carbocycles. The molecule has 15 heavy (non-hydrogen) atoms. The summed E-state index contributed by atoms with van der Waals surface area (Å²) in [5, 5.41) is 13.3. The molecule has 0 spiro atoms. The minimum Gasteiger partial charge on any atom is -0.368 e. The first-order chi connectivity index (χ1) is 6.99. The van der Waals surface area contributed by atoms with E-state index >= 15 is 0 Å². The van der Waals surface area contributed by atoms with Crippen molar-refractivity contribution in [2.45, 2.75) is 19.9 Å². The molecule has 0 radical (unpaired) electrons. The number of carbonyl (C=O) groups is 2. The lowest BCUT2D eigenvalue weighted by Crippen LogP contribution is -2.48. The van der Waals surface area contributed by atoms with E-state index in [1.165, 1.54) is 0 Å². The molecule has 0 heterocycles. The van der Waals surface area contributed by atoms with Crippen LogP contribution >= 0.6 is 0 Å². The average molecular weight is 212 g/mol. The molecule has 1 unspecified atom stereocenters. The monoisotopic (exact) mass is 212 g/mol. The molecular weight excluding hydrogens is 196 g/mol. The molecule has 0 aliphatic rings. The van der Waals surface area contributed by atoms with Crippen molar-refractivity contribution in [3.63, 3.8) is 0 Å². The lowest BCUT2D eigenvalue weighted by Gasteiger charge is -2.18. The number of hydrogen-bond donors (Lipinski definition) is 3. The zero-order valence-corrected chi connectivity index (χ0v) is 8.91. The van der Waals surface area contributed by atoms with Crippen molar-refractivity contribution >= 4 is 11.8 Å². The standard InChI is InChI=1S/C9H16N4O2/c1-6(2)8(9(11)15)13-5-7(14)12-4-3-10/h6,8,13H,4-5H2,1-2H3,(H2,11,15)(H,12,14). The molecule has 0 rings (SSSR count). The van der Waals surface area contributed by atoms with E-state index in [1.54, 1.807) is 6.07 Å². The number of carbonyl (C=O) groups excluding carboxylic acids is 2. The molecule has 0 saturated heterocycles. The molecule has 0 bridgehead atoms. The van der Waals surface area contributed by atoms with Crippen molar-refractivity contribution in [3.05, 3.63) is 0 Å². The Kier molecular flexibility index (Phi) is 6.06. The van der Waals surface area contributed by atoms with Crippen molar-refractivity contribution in [1.82, 2.24) is 10.6 Å². The first-order valence-corrected chi connectivity index (χ1v) is 4.65. The summed E-state index contributed by atoms with van der Waals surface area (Å²) in [4.78, 5) is 22.0. The number of nitriles is 1. The number of nitrogens with two attached hydrogens (primary N) is 1. The first kappa shape index (κ1) is 13.4. The highest BCUT2D eigenvalue weighted by molar-refractivity contribution is 5.82. The topological polar surface area (TPSA) is 108 Å². The number of hydrogen-bond acceptors (Lipinski definition) is 4. The van der Waals surface area contributed by atoms with E-state index in [1.807, 2.05) is 13.8 Å². The minimum atomic E-state index is -0.530. The second-order valence-corrected chi connectivity index (χ2v) is 3.44. The maximum absolute atomic E-state index is 11.1. The molecule has 0 saturated carbocycles. The molecule has 0 aromatic carbocycles. The number of rotatable bonds is 6. The van der Waals surface area contributed by atoms with Gasteiger partial charge in [-0.15, -0.1) is 0 Å². The summed E-state index contributed by atoms with van der Waals surface area (Å²) in [7, 11) is 0. The summed E-state index contributed by atoms with van der Waals surface area (Å²) in [6, 6.07) is 1.25. The van der Waals surface area contributed by atoms with Gasteiger partial charge in [0.2, 0.25) is 11.8 Å². The van der Waals surface area contributed by atoms with Gasteiger partial charge in [0, 0.05) is 0 Å². The van der Waals surface area contributed by atoms with Gasteiger partial charge in [-0.2, -0.15) is 5.26 Å². The van der Waals surface area contributed by atoms with Crippen LogP contribution in [0.2, 0.25) is 0 Å². The normalized spacial score (nSPS) is 11.9. The average Bonchev–Trinajstić information content (AvgIpc) is 2.13. The van der Waals surface area contributed by atoms with Crippen molar-refractivity contribution in [1.29, 1.82) is 5.26 Å². The van der Waals surface area contributed by atoms with Crippen molar-refractivity contribution in [3.8, 4) is 6.07 Å². The predicted octanol–water partition coefficient (Wildman–Crippen LogP) is -1.27. The highest BCUT2D eigenvalue weighted by Gasteiger charge is 2.19. The maximum atomic E-state index is 11.1. The van der Waals surface area contributed by atoms with E-state index in [2.05, 4.69) is 10.6 Å². The summed E-state index contributed by atoms with van der Waals surface area (Å²) in [5.74, 6) is -0.798. The molecule has 4 N–H and O–H groups in total. The number of nitrogens with zero attached hydrogens (tertiary/aromatic N) is 1. The zero-order valence-electron chi connectivity index (χ0n) is 8.91. The van der Waals surface area contributed by atoms with Gasteiger partial charge in [-0.1, -0.05) is 13.8 Å². The van der Waals surface area contributed by atoms with Gasteiger partial charge in [0.15, 0.2) is 0 Å². The lowest BCUT2D eigenvalue weighted by atomic mass is 10.0. The largest absolute Gasteiger partial charge is 0.368 e. The highest BCUT2D eigenvalue weighted by atomic mass is 16.2. The Bertz CT molecular complexity index is 270. The third-order valence-corrected chi connectivity index (χ3v) is 1.82. The number of nitrogens with one attached hydrogen (secondary N) is 2. The van der Waals surface area contributed by atoms with Crippen LogP contribution < -0.4 is 16.4 Å². The fraction of sp³-hybridized carbons (Fsp3) is 0.667. The predicted molar refractivity (Wildman–Crippen MR) is 54.4 cm³/mol. The van der Waals surface area contributed by atoms with Crippen LogP contribution in [0, 0.1) is 17.2 Å². The molecule has 0 aromatic heterocycles. The molecule has 1 atom stereocenters. The first-order valence-electron chi connectivity index (χ1n) is 4.65. The molecule has 6 nitrogen and oxygen atoms in total. The quantitative estimate of drug-likeness (QED) is 0.477.